The molecule has 0 saturated carbocycles. The molecule has 0 bridgehead atoms. The SMILES string of the molecule is c1ccc2c(c1)-c1cccc3c(-c4nc(-c5cccc6oc7ccccc7c56)nc(-n5c6ccccc6c6ccccc65)n4)ccc-2c13. The minimum atomic E-state index is 0.573. The van der Waals surface area contributed by atoms with Crippen molar-refractivity contribution in [1.82, 2.24) is 19.5 Å². The van der Waals surface area contributed by atoms with Gasteiger partial charge in [0.05, 0.1) is 11.0 Å². The summed E-state index contributed by atoms with van der Waals surface area (Å²) in [5, 5.41) is 6.70. The van der Waals surface area contributed by atoms with Crippen LogP contribution in [0.2, 0.25) is 0 Å². The van der Waals surface area contributed by atoms with Gasteiger partial charge in [0, 0.05) is 32.7 Å². The molecule has 5 nitrogen and oxygen atoms in total. The maximum absolute atomic E-state index is 6.29. The largest absolute Gasteiger partial charge is 0.456 e. The molecule has 0 unspecified atom stereocenters. The van der Waals surface area contributed by atoms with Gasteiger partial charge in [-0.25, -0.2) is 4.98 Å². The van der Waals surface area contributed by atoms with Gasteiger partial charge in [-0.2, -0.15) is 9.97 Å². The van der Waals surface area contributed by atoms with Crippen molar-refractivity contribution in [3.8, 4) is 51.0 Å². The standard InChI is InChI=1S/C43H24N4O/c1-2-12-26-25(11-1)29-16-9-17-30-32(24-23-31(26)39(29)30)41-44-42(34-18-10-22-38-40(34)33-15-5-8-21-37(33)48-38)46-43(45-41)47-35-19-6-3-13-27(35)28-14-4-7-20-36(28)47/h1-24H. The predicted octanol–water partition coefficient (Wildman–Crippen LogP) is 11.0. The molecule has 1 aliphatic rings. The van der Waals surface area contributed by atoms with E-state index in [2.05, 4.69) is 120 Å². The van der Waals surface area contributed by atoms with Crippen molar-refractivity contribution in [3.63, 3.8) is 0 Å². The van der Waals surface area contributed by atoms with E-state index in [-0.39, 0.29) is 0 Å². The number of hydrogen-bond acceptors (Lipinski definition) is 4. The van der Waals surface area contributed by atoms with E-state index in [1.54, 1.807) is 0 Å². The molecular weight excluding hydrogens is 589 g/mol. The number of para-hydroxylation sites is 3. The highest BCUT2D eigenvalue weighted by Crippen LogP contribution is 2.49. The molecule has 222 valence electrons. The van der Waals surface area contributed by atoms with E-state index in [9.17, 15) is 0 Å². The number of nitrogens with zero attached hydrogens (tertiary/aromatic N) is 4. The molecule has 0 atom stereocenters. The highest BCUT2D eigenvalue weighted by Gasteiger charge is 2.25. The number of furan rings is 1. The average Bonchev–Trinajstić information content (AvgIpc) is 3.81. The summed E-state index contributed by atoms with van der Waals surface area (Å²) in [5.74, 6) is 1.80. The Morgan fingerprint density at radius 3 is 1.65 bits per heavy atom. The van der Waals surface area contributed by atoms with Crippen molar-refractivity contribution in [1.29, 1.82) is 0 Å². The number of benzene rings is 7. The second-order valence-corrected chi connectivity index (χ2v) is 12.4. The van der Waals surface area contributed by atoms with E-state index in [0.29, 0.717) is 17.6 Å². The molecule has 10 aromatic rings. The lowest BCUT2D eigenvalue weighted by atomic mass is 9.98. The summed E-state index contributed by atoms with van der Waals surface area (Å²) >= 11 is 0. The minimum Gasteiger partial charge on any atom is -0.456 e. The molecule has 3 aromatic heterocycles. The van der Waals surface area contributed by atoms with Crippen LogP contribution in [0.3, 0.4) is 0 Å². The van der Waals surface area contributed by atoms with Crippen molar-refractivity contribution < 1.29 is 4.42 Å². The Hall–Kier alpha value is -6.59. The minimum absolute atomic E-state index is 0.573. The normalized spacial score (nSPS) is 12.2. The second kappa shape index (κ2) is 9.47. The number of aromatic nitrogens is 4. The Kier molecular flexibility index (Phi) is 5.05. The van der Waals surface area contributed by atoms with Crippen LogP contribution in [0.25, 0.3) is 105 Å². The number of hydrogen-bond donors (Lipinski definition) is 0. The zero-order valence-electron chi connectivity index (χ0n) is 25.6. The van der Waals surface area contributed by atoms with Gasteiger partial charge in [-0.3, -0.25) is 4.57 Å². The van der Waals surface area contributed by atoms with Gasteiger partial charge in [-0.05, 0) is 63.4 Å². The molecule has 0 saturated heterocycles. The summed E-state index contributed by atoms with van der Waals surface area (Å²) in [7, 11) is 0. The van der Waals surface area contributed by atoms with Crippen LogP contribution in [0, 0.1) is 0 Å². The van der Waals surface area contributed by atoms with Gasteiger partial charge in [0.25, 0.3) is 0 Å². The zero-order valence-corrected chi connectivity index (χ0v) is 25.6. The molecular formula is C43H24N4O. The maximum atomic E-state index is 6.29. The van der Waals surface area contributed by atoms with Crippen LogP contribution in [-0.2, 0) is 0 Å². The molecule has 0 radical (unpaired) electrons. The van der Waals surface area contributed by atoms with Crippen LogP contribution in [0.4, 0.5) is 0 Å². The molecule has 11 rings (SSSR count). The summed E-state index contributed by atoms with van der Waals surface area (Å²) in [5.41, 5.74) is 10.6. The van der Waals surface area contributed by atoms with E-state index in [1.165, 1.54) is 27.6 Å². The van der Waals surface area contributed by atoms with Gasteiger partial charge < -0.3 is 4.42 Å². The third-order valence-corrected chi connectivity index (χ3v) is 9.84. The van der Waals surface area contributed by atoms with Crippen LogP contribution in [0.15, 0.2) is 150 Å². The van der Waals surface area contributed by atoms with Crippen molar-refractivity contribution in [2.75, 3.05) is 0 Å². The quantitative estimate of drug-likeness (QED) is 0.199. The first-order valence-electron chi connectivity index (χ1n) is 16.1. The molecule has 5 heteroatoms. The second-order valence-electron chi connectivity index (χ2n) is 12.4. The molecule has 0 N–H and O–H groups in total. The highest BCUT2D eigenvalue weighted by molar-refractivity contribution is 6.18. The molecule has 0 fully saturated rings. The fourth-order valence-electron chi connectivity index (χ4n) is 7.81. The zero-order chi connectivity index (χ0) is 31.3. The van der Waals surface area contributed by atoms with Crippen LogP contribution >= 0.6 is 0 Å². The van der Waals surface area contributed by atoms with Crippen LogP contribution in [0.1, 0.15) is 0 Å². The number of rotatable bonds is 3. The van der Waals surface area contributed by atoms with Crippen molar-refractivity contribution >= 4 is 54.5 Å². The summed E-state index contributed by atoms with van der Waals surface area (Å²) < 4.78 is 8.46. The fraction of sp³-hybridized carbons (Fsp3) is 0. The van der Waals surface area contributed by atoms with Gasteiger partial charge in [-0.15, -0.1) is 0 Å². The van der Waals surface area contributed by atoms with E-state index < -0.39 is 0 Å². The molecule has 48 heavy (non-hydrogen) atoms. The Morgan fingerprint density at radius 2 is 0.875 bits per heavy atom. The van der Waals surface area contributed by atoms with Gasteiger partial charge in [-0.1, -0.05) is 115 Å². The molecule has 7 aromatic carbocycles. The third-order valence-electron chi connectivity index (χ3n) is 9.84. The summed E-state index contributed by atoms with van der Waals surface area (Å²) in [6, 6.07) is 50.8. The molecule has 1 aliphatic carbocycles. The van der Waals surface area contributed by atoms with Crippen LogP contribution < -0.4 is 0 Å². The van der Waals surface area contributed by atoms with Gasteiger partial charge in [0.1, 0.15) is 11.2 Å². The van der Waals surface area contributed by atoms with E-state index in [1.807, 2.05) is 30.3 Å². The topological polar surface area (TPSA) is 56.7 Å². The fourth-order valence-corrected chi connectivity index (χ4v) is 7.81. The Bertz CT molecular complexity index is 2890. The first-order chi connectivity index (χ1) is 23.8. The summed E-state index contributed by atoms with van der Waals surface area (Å²) in [6.07, 6.45) is 0. The first kappa shape index (κ1) is 25.6. The van der Waals surface area contributed by atoms with E-state index >= 15 is 0 Å². The van der Waals surface area contributed by atoms with E-state index in [4.69, 9.17) is 19.4 Å². The molecule has 0 amide bonds. The Labute approximate surface area is 274 Å². The lowest BCUT2D eigenvalue weighted by Gasteiger charge is -2.13. The maximum Gasteiger partial charge on any atom is 0.238 e. The number of fused-ring (bicyclic) bond motifs is 9. The Balaban J connectivity index is 1.25. The van der Waals surface area contributed by atoms with Crippen LogP contribution in [-0.4, -0.2) is 19.5 Å². The predicted molar refractivity (Wildman–Crippen MR) is 194 cm³/mol. The summed E-state index contributed by atoms with van der Waals surface area (Å²) in [4.78, 5) is 15.8. The highest BCUT2D eigenvalue weighted by atomic mass is 16.3. The average molecular weight is 613 g/mol. The van der Waals surface area contributed by atoms with Gasteiger partial charge >= 0.3 is 0 Å². The lowest BCUT2D eigenvalue weighted by Crippen LogP contribution is -2.06. The third kappa shape index (κ3) is 3.42. The van der Waals surface area contributed by atoms with E-state index in [0.717, 1.165) is 60.3 Å². The monoisotopic (exact) mass is 612 g/mol. The summed E-state index contributed by atoms with van der Waals surface area (Å²) in [6.45, 7) is 0. The lowest BCUT2D eigenvalue weighted by molar-refractivity contribution is 0.669. The van der Waals surface area contributed by atoms with Crippen molar-refractivity contribution in [3.05, 3.63) is 146 Å². The van der Waals surface area contributed by atoms with Crippen molar-refractivity contribution in [2.45, 2.75) is 0 Å². The van der Waals surface area contributed by atoms with Crippen LogP contribution in [0.5, 0.6) is 0 Å². The molecule has 0 spiro atoms. The smallest absolute Gasteiger partial charge is 0.238 e. The molecule has 3 heterocycles. The van der Waals surface area contributed by atoms with Gasteiger partial charge in [0.15, 0.2) is 11.6 Å². The molecule has 0 aliphatic heterocycles. The van der Waals surface area contributed by atoms with Crippen molar-refractivity contribution in [2.24, 2.45) is 0 Å². The Morgan fingerprint density at radius 1 is 0.354 bits per heavy atom. The van der Waals surface area contributed by atoms with Gasteiger partial charge in [0.2, 0.25) is 5.95 Å². The first-order valence-corrected chi connectivity index (χ1v) is 16.1.